The van der Waals surface area contributed by atoms with Crippen LogP contribution in [-0.2, 0) is 11.3 Å². The molecule has 1 N–H and O–H groups in total. The van der Waals surface area contributed by atoms with Crippen molar-refractivity contribution in [1.29, 1.82) is 0 Å². The van der Waals surface area contributed by atoms with Crippen LogP contribution < -0.4 is 10.1 Å². The monoisotopic (exact) mass is 413 g/mol. The second kappa shape index (κ2) is 8.79. The molecule has 0 saturated heterocycles. The first kappa shape index (κ1) is 20.4. The number of hydrogen-bond acceptors (Lipinski definition) is 5. The largest absolute Gasteiger partial charge is 0.497 e. The fraction of sp³-hybridized carbons (Fsp3) is 0.190. The molecule has 150 valence electrons. The topological polar surface area (TPSA) is 82.5 Å². The van der Waals surface area contributed by atoms with Crippen LogP contribution in [0.3, 0.4) is 0 Å². The van der Waals surface area contributed by atoms with Crippen LogP contribution >= 0.6 is 11.6 Å². The second-order valence-electron chi connectivity index (χ2n) is 6.33. The van der Waals surface area contributed by atoms with Crippen molar-refractivity contribution < 1.29 is 19.1 Å². The van der Waals surface area contributed by atoms with Gasteiger partial charge in [0.1, 0.15) is 11.4 Å². The minimum atomic E-state index is -0.551. The van der Waals surface area contributed by atoms with Crippen LogP contribution in [0.25, 0.3) is 0 Å². The van der Waals surface area contributed by atoms with Gasteiger partial charge in [-0.05, 0) is 42.3 Å². The number of carbonyl (C=O) groups excluding carboxylic acids is 2. The minimum Gasteiger partial charge on any atom is -0.497 e. The van der Waals surface area contributed by atoms with Gasteiger partial charge < -0.3 is 14.8 Å². The van der Waals surface area contributed by atoms with Crippen molar-refractivity contribution in [2.24, 2.45) is 0 Å². The molecular formula is C21H20ClN3O4. The summed E-state index contributed by atoms with van der Waals surface area (Å²) in [5, 5.41) is 7.53. The lowest BCUT2D eigenvalue weighted by Crippen LogP contribution is -2.14. The lowest BCUT2D eigenvalue weighted by atomic mass is 10.1. The van der Waals surface area contributed by atoms with Crippen molar-refractivity contribution in [3.63, 3.8) is 0 Å². The molecule has 0 aliphatic rings. The molecule has 0 atom stereocenters. The molecule has 0 spiro atoms. The number of esters is 1. The maximum atomic E-state index is 12.5. The zero-order chi connectivity index (χ0) is 21.0. The van der Waals surface area contributed by atoms with Crippen LogP contribution in [-0.4, -0.2) is 35.9 Å². The summed E-state index contributed by atoms with van der Waals surface area (Å²) in [6, 6.07) is 13.9. The van der Waals surface area contributed by atoms with Crippen molar-refractivity contribution in [1.82, 2.24) is 9.78 Å². The molecule has 29 heavy (non-hydrogen) atoms. The Morgan fingerprint density at radius 3 is 2.45 bits per heavy atom. The normalized spacial score (nSPS) is 10.5. The zero-order valence-electron chi connectivity index (χ0n) is 16.2. The summed E-state index contributed by atoms with van der Waals surface area (Å²) in [6.45, 7) is 2.17. The molecule has 1 heterocycles. The summed E-state index contributed by atoms with van der Waals surface area (Å²) in [6.07, 6.45) is 0. The Bertz CT molecular complexity index is 1040. The maximum Gasteiger partial charge on any atom is 0.356 e. The van der Waals surface area contributed by atoms with Gasteiger partial charge >= 0.3 is 5.97 Å². The van der Waals surface area contributed by atoms with Gasteiger partial charge in [0, 0.05) is 16.7 Å². The average Bonchev–Trinajstić information content (AvgIpc) is 3.12. The molecule has 0 unspecified atom stereocenters. The van der Waals surface area contributed by atoms with E-state index in [2.05, 4.69) is 10.4 Å². The molecule has 0 aliphatic carbocycles. The highest BCUT2D eigenvalue weighted by molar-refractivity contribution is 6.31. The van der Waals surface area contributed by atoms with E-state index in [1.54, 1.807) is 25.3 Å². The third kappa shape index (κ3) is 4.75. The van der Waals surface area contributed by atoms with Crippen LogP contribution in [0.2, 0.25) is 5.02 Å². The first-order valence-electron chi connectivity index (χ1n) is 8.78. The standard InChI is InChI=1S/C21H20ClN3O4/c1-13-4-7-15(10-17(13)22)20(26)23-19-11-18(21(27)29-3)25(24-19)12-14-5-8-16(28-2)9-6-14/h4-11H,12H2,1-3H3,(H,23,24,26). The van der Waals surface area contributed by atoms with Gasteiger partial charge in [0.2, 0.25) is 0 Å². The summed E-state index contributed by atoms with van der Waals surface area (Å²) in [4.78, 5) is 24.7. The van der Waals surface area contributed by atoms with Crippen molar-refractivity contribution in [2.75, 3.05) is 19.5 Å². The zero-order valence-corrected chi connectivity index (χ0v) is 17.0. The molecule has 0 saturated carbocycles. The van der Waals surface area contributed by atoms with E-state index >= 15 is 0 Å². The van der Waals surface area contributed by atoms with E-state index in [9.17, 15) is 9.59 Å². The average molecular weight is 414 g/mol. The molecule has 2 aromatic carbocycles. The van der Waals surface area contributed by atoms with Crippen molar-refractivity contribution in [2.45, 2.75) is 13.5 Å². The fourth-order valence-electron chi connectivity index (χ4n) is 2.69. The van der Waals surface area contributed by atoms with Gasteiger partial charge in [-0.25, -0.2) is 4.79 Å². The lowest BCUT2D eigenvalue weighted by molar-refractivity contribution is 0.0587. The van der Waals surface area contributed by atoms with Gasteiger partial charge in [-0.15, -0.1) is 0 Å². The lowest BCUT2D eigenvalue weighted by Gasteiger charge is -2.07. The second-order valence-corrected chi connectivity index (χ2v) is 6.74. The molecule has 3 aromatic rings. The molecule has 3 rings (SSSR count). The highest BCUT2D eigenvalue weighted by atomic mass is 35.5. The quantitative estimate of drug-likeness (QED) is 0.619. The third-order valence-corrected chi connectivity index (χ3v) is 4.75. The van der Waals surface area contributed by atoms with E-state index in [0.717, 1.165) is 16.9 Å². The molecule has 7 nitrogen and oxygen atoms in total. The minimum absolute atomic E-state index is 0.223. The van der Waals surface area contributed by atoms with Crippen molar-refractivity contribution in [3.05, 3.63) is 75.9 Å². The van der Waals surface area contributed by atoms with E-state index in [1.165, 1.54) is 17.9 Å². The number of amides is 1. The van der Waals surface area contributed by atoms with Gasteiger partial charge in [0.15, 0.2) is 5.82 Å². The number of ether oxygens (including phenoxy) is 2. The number of methoxy groups -OCH3 is 2. The molecule has 1 aromatic heterocycles. The number of benzene rings is 2. The Balaban J connectivity index is 1.84. The summed E-state index contributed by atoms with van der Waals surface area (Å²) in [5.74, 6) is 0.0371. The van der Waals surface area contributed by atoms with Crippen molar-refractivity contribution in [3.8, 4) is 5.75 Å². The van der Waals surface area contributed by atoms with Gasteiger partial charge in [-0.2, -0.15) is 5.10 Å². The number of hydrogen-bond donors (Lipinski definition) is 1. The number of carbonyl (C=O) groups is 2. The van der Waals surface area contributed by atoms with E-state index in [4.69, 9.17) is 21.1 Å². The summed E-state index contributed by atoms with van der Waals surface area (Å²) < 4.78 is 11.5. The van der Waals surface area contributed by atoms with Crippen LogP contribution in [0.15, 0.2) is 48.5 Å². The van der Waals surface area contributed by atoms with Gasteiger partial charge in [-0.1, -0.05) is 29.8 Å². The number of nitrogens with one attached hydrogen (secondary N) is 1. The molecule has 0 bridgehead atoms. The van der Waals surface area contributed by atoms with E-state index in [0.29, 0.717) is 17.1 Å². The van der Waals surface area contributed by atoms with Crippen LogP contribution in [0.4, 0.5) is 5.82 Å². The molecule has 0 radical (unpaired) electrons. The summed E-state index contributed by atoms with van der Waals surface area (Å²) in [5.41, 5.74) is 2.40. The molecule has 8 heteroatoms. The number of halogens is 1. The maximum absolute atomic E-state index is 12.5. The SMILES string of the molecule is COC(=O)c1cc(NC(=O)c2ccc(C)c(Cl)c2)nn1Cc1ccc(OC)cc1. The van der Waals surface area contributed by atoms with Gasteiger partial charge in [-0.3, -0.25) is 9.48 Å². The Labute approximate surface area is 173 Å². The molecule has 0 fully saturated rings. The first-order chi connectivity index (χ1) is 13.9. The molecule has 0 aliphatic heterocycles. The Morgan fingerprint density at radius 1 is 1.10 bits per heavy atom. The number of nitrogens with zero attached hydrogens (tertiary/aromatic N) is 2. The number of aryl methyl sites for hydroxylation is 1. The van der Waals surface area contributed by atoms with Crippen molar-refractivity contribution >= 4 is 29.3 Å². The predicted molar refractivity (Wildman–Crippen MR) is 110 cm³/mol. The van der Waals surface area contributed by atoms with Crippen LogP contribution in [0.1, 0.15) is 32.0 Å². The van der Waals surface area contributed by atoms with E-state index < -0.39 is 5.97 Å². The van der Waals surface area contributed by atoms with Gasteiger partial charge in [0.05, 0.1) is 20.8 Å². The number of anilines is 1. The molecule has 1 amide bonds. The van der Waals surface area contributed by atoms with E-state index in [-0.39, 0.29) is 17.4 Å². The summed E-state index contributed by atoms with van der Waals surface area (Å²) in [7, 11) is 2.88. The Hall–Kier alpha value is -3.32. The van der Waals surface area contributed by atoms with Crippen LogP contribution in [0, 0.1) is 6.92 Å². The highest BCUT2D eigenvalue weighted by Gasteiger charge is 2.18. The van der Waals surface area contributed by atoms with E-state index in [1.807, 2.05) is 31.2 Å². The predicted octanol–water partition coefficient (Wildman–Crippen LogP) is 3.94. The van der Waals surface area contributed by atoms with Crippen LogP contribution in [0.5, 0.6) is 5.75 Å². The highest BCUT2D eigenvalue weighted by Crippen LogP contribution is 2.19. The molecular weight excluding hydrogens is 394 g/mol. The van der Waals surface area contributed by atoms with Gasteiger partial charge in [0.25, 0.3) is 5.91 Å². The number of aromatic nitrogens is 2. The Morgan fingerprint density at radius 2 is 1.83 bits per heavy atom. The summed E-state index contributed by atoms with van der Waals surface area (Å²) >= 11 is 6.09. The smallest absolute Gasteiger partial charge is 0.356 e. The third-order valence-electron chi connectivity index (χ3n) is 4.34. The fourth-order valence-corrected chi connectivity index (χ4v) is 2.87. The number of rotatable bonds is 6. The first-order valence-corrected chi connectivity index (χ1v) is 9.15. The Kier molecular flexibility index (Phi) is 6.19.